The van der Waals surface area contributed by atoms with Crippen LogP contribution in [0.4, 0.5) is 5.69 Å². The Kier molecular flexibility index (Phi) is 2.79. The van der Waals surface area contributed by atoms with E-state index in [1.54, 1.807) is 6.26 Å². The van der Waals surface area contributed by atoms with Crippen molar-refractivity contribution in [1.29, 1.82) is 0 Å². The van der Waals surface area contributed by atoms with Crippen molar-refractivity contribution >= 4 is 5.69 Å². The van der Waals surface area contributed by atoms with Gasteiger partial charge in [-0.25, -0.2) is 0 Å². The van der Waals surface area contributed by atoms with Crippen LogP contribution >= 0.6 is 0 Å². The number of benzene rings is 1. The number of nitrogens with two attached hydrogens (primary N) is 1. The summed E-state index contributed by atoms with van der Waals surface area (Å²) in [5, 5.41) is 3.96. The maximum Gasteiger partial charge on any atom is 0.231 e. The zero-order chi connectivity index (χ0) is 13.2. The summed E-state index contributed by atoms with van der Waals surface area (Å²) in [5.74, 6) is 1.90. The summed E-state index contributed by atoms with van der Waals surface area (Å²) >= 11 is 0. The highest BCUT2D eigenvalue weighted by Gasteiger charge is 2.12. The van der Waals surface area contributed by atoms with E-state index in [2.05, 4.69) is 10.1 Å². The molecule has 0 saturated heterocycles. The number of furan rings is 1. The Morgan fingerprint density at radius 2 is 1.95 bits per heavy atom. The van der Waals surface area contributed by atoms with E-state index in [1.807, 2.05) is 37.3 Å². The quantitative estimate of drug-likeness (QED) is 0.728. The summed E-state index contributed by atoms with van der Waals surface area (Å²) in [6, 6.07) is 9.43. The lowest BCUT2D eigenvalue weighted by Gasteiger charge is -1.97. The second kappa shape index (κ2) is 4.61. The molecule has 5 nitrogen and oxygen atoms in total. The van der Waals surface area contributed by atoms with Crippen LogP contribution in [0.25, 0.3) is 11.4 Å². The van der Waals surface area contributed by atoms with Gasteiger partial charge in [-0.15, -0.1) is 0 Å². The summed E-state index contributed by atoms with van der Waals surface area (Å²) in [6.07, 6.45) is 2.20. The average Bonchev–Trinajstić information content (AvgIpc) is 3.01. The second-order valence-corrected chi connectivity index (χ2v) is 4.32. The number of aromatic nitrogens is 2. The Labute approximate surface area is 110 Å². The first kappa shape index (κ1) is 11.5. The highest BCUT2D eigenvalue weighted by atomic mass is 16.5. The van der Waals surface area contributed by atoms with Gasteiger partial charge in [0.15, 0.2) is 0 Å². The molecular weight excluding hydrogens is 242 g/mol. The highest BCUT2D eigenvalue weighted by molar-refractivity contribution is 5.56. The number of nitrogen functional groups attached to an aromatic ring is 1. The van der Waals surface area contributed by atoms with Crippen LogP contribution in [0.3, 0.4) is 0 Å². The first-order valence-electron chi connectivity index (χ1n) is 5.94. The molecule has 0 aliphatic carbocycles. The predicted molar refractivity (Wildman–Crippen MR) is 70.4 cm³/mol. The Morgan fingerprint density at radius 3 is 2.63 bits per heavy atom. The summed E-state index contributed by atoms with van der Waals surface area (Å²) in [7, 11) is 0. The number of nitrogens with zero attached hydrogens (tertiary/aromatic N) is 2. The monoisotopic (exact) mass is 255 g/mol. The third-order valence-corrected chi connectivity index (χ3v) is 2.90. The van der Waals surface area contributed by atoms with Crippen LogP contribution < -0.4 is 5.73 Å². The first-order chi connectivity index (χ1) is 9.22. The van der Waals surface area contributed by atoms with Gasteiger partial charge in [0.2, 0.25) is 11.7 Å². The molecular formula is C14H13N3O2. The maximum absolute atomic E-state index is 5.64. The van der Waals surface area contributed by atoms with Gasteiger partial charge in [-0.05, 0) is 30.7 Å². The SMILES string of the molecule is Cc1occc1-c1noc(Cc2ccc(N)cc2)n1. The molecule has 5 heteroatoms. The van der Waals surface area contributed by atoms with E-state index >= 15 is 0 Å². The molecule has 0 unspecified atom stereocenters. The van der Waals surface area contributed by atoms with Crippen LogP contribution in [0.5, 0.6) is 0 Å². The average molecular weight is 255 g/mol. The molecule has 19 heavy (non-hydrogen) atoms. The van der Waals surface area contributed by atoms with E-state index in [9.17, 15) is 0 Å². The molecule has 0 spiro atoms. The number of aryl methyl sites for hydroxylation is 1. The van der Waals surface area contributed by atoms with Crippen molar-refractivity contribution in [2.75, 3.05) is 5.73 Å². The molecule has 0 amide bonds. The van der Waals surface area contributed by atoms with Crippen molar-refractivity contribution in [2.45, 2.75) is 13.3 Å². The molecule has 0 bridgehead atoms. The molecule has 3 rings (SSSR count). The Morgan fingerprint density at radius 1 is 1.16 bits per heavy atom. The zero-order valence-corrected chi connectivity index (χ0v) is 10.5. The standard InChI is InChI=1S/C14H13N3O2/c1-9-12(6-7-18-9)14-16-13(19-17-14)8-10-2-4-11(15)5-3-10/h2-7H,8,15H2,1H3. The third-order valence-electron chi connectivity index (χ3n) is 2.90. The van der Waals surface area contributed by atoms with Gasteiger partial charge < -0.3 is 14.7 Å². The highest BCUT2D eigenvalue weighted by Crippen LogP contribution is 2.21. The van der Waals surface area contributed by atoms with E-state index in [0.717, 1.165) is 22.6 Å². The van der Waals surface area contributed by atoms with Crippen molar-refractivity contribution in [2.24, 2.45) is 0 Å². The predicted octanol–water partition coefficient (Wildman–Crippen LogP) is 2.81. The fourth-order valence-corrected chi connectivity index (χ4v) is 1.86. The Bertz CT molecular complexity index is 683. The van der Waals surface area contributed by atoms with Crippen molar-refractivity contribution in [1.82, 2.24) is 10.1 Å². The molecule has 0 saturated carbocycles. The van der Waals surface area contributed by atoms with E-state index in [-0.39, 0.29) is 0 Å². The minimum Gasteiger partial charge on any atom is -0.469 e. The van der Waals surface area contributed by atoms with E-state index in [4.69, 9.17) is 14.7 Å². The molecule has 0 aliphatic rings. The molecule has 0 aliphatic heterocycles. The number of hydrogen-bond acceptors (Lipinski definition) is 5. The Hall–Kier alpha value is -2.56. The van der Waals surface area contributed by atoms with Crippen molar-refractivity contribution < 1.29 is 8.94 Å². The van der Waals surface area contributed by atoms with Gasteiger partial charge in [0.05, 0.1) is 18.2 Å². The van der Waals surface area contributed by atoms with Crippen molar-refractivity contribution in [3.63, 3.8) is 0 Å². The number of anilines is 1. The van der Waals surface area contributed by atoms with Gasteiger partial charge in [0.25, 0.3) is 0 Å². The number of rotatable bonds is 3. The topological polar surface area (TPSA) is 78.1 Å². The van der Waals surface area contributed by atoms with Crippen LogP contribution in [-0.4, -0.2) is 10.1 Å². The lowest BCUT2D eigenvalue weighted by Crippen LogP contribution is -1.90. The molecule has 3 aromatic rings. The van der Waals surface area contributed by atoms with E-state index in [0.29, 0.717) is 18.1 Å². The first-order valence-corrected chi connectivity index (χ1v) is 5.94. The van der Waals surface area contributed by atoms with Gasteiger partial charge >= 0.3 is 0 Å². The lowest BCUT2D eigenvalue weighted by atomic mass is 10.1. The van der Waals surface area contributed by atoms with Gasteiger partial charge in [0.1, 0.15) is 5.76 Å². The number of hydrogen-bond donors (Lipinski definition) is 1. The summed E-state index contributed by atoms with van der Waals surface area (Å²) in [5.41, 5.74) is 8.31. The van der Waals surface area contributed by atoms with Crippen LogP contribution in [0.1, 0.15) is 17.2 Å². The minimum absolute atomic E-state index is 0.552. The molecule has 0 fully saturated rings. The fraction of sp³-hybridized carbons (Fsp3) is 0.143. The van der Waals surface area contributed by atoms with Gasteiger partial charge in [-0.1, -0.05) is 17.3 Å². The molecule has 2 aromatic heterocycles. The molecule has 0 radical (unpaired) electrons. The lowest BCUT2D eigenvalue weighted by molar-refractivity contribution is 0.385. The normalized spacial score (nSPS) is 10.8. The van der Waals surface area contributed by atoms with Crippen molar-refractivity contribution in [3.8, 4) is 11.4 Å². The zero-order valence-electron chi connectivity index (χ0n) is 10.5. The van der Waals surface area contributed by atoms with Gasteiger partial charge in [-0.2, -0.15) is 4.98 Å². The molecule has 1 aromatic carbocycles. The summed E-state index contributed by atoms with van der Waals surface area (Å²) in [6.45, 7) is 1.87. The minimum atomic E-state index is 0.552. The van der Waals surface area contributed by atoms with E-state index < -0.39 is 0 Å². The second-order valence-electron chi connectivity index (χ2n) is 4.32. The summed E-state index contributed by atoms with van der Waals surface area (Å²) in [4.78, 5) is 4.36. The van der Waals surface area contributed by atoms with Gasteiger partial charge in [-0.3, -0.25) is 0 Å². The van der Waals surface area contributed by atoms with Crippen LogP contribution in [0.2, 0.25) is 0 Å². The molecule has 0 atom stereocenters. The smallest absolute Gasteiger partial charge is 0.231 e. The summed E-state index contributed by atoms with van der Waals surface area (Å²) < 4.78 is 10.5. The maximum atomic E-state index is 5.64. The van der Waals surface area contributed by atoms with E-state index in [1.165, 1.54) is 0 Å². The fourth-order valence-electron chi connectivity index (χ4n) is 1.86. The Balaban J connectivity index is 1.82. The van der Waals surface area contributed by atoms with Crippen molar-refractivity contribution in [3.05, 3.63) is 53.8 Å². The van der Waals surface area contributed by atoms with Crippen LogP contribution in [0, 0.1) is 6.92 Å². The van der Waals surface area contributed by atoms with Crippen LogP contribution in [0.15, 0.2) is 45.5 Å². The third kappa shape index (κ3) is 2.35. The van der Waals surface area contributed by atoms with Gasteiger partial charge in [0, 0.05) is 5.69 Å². The molecule has 2 N–H and O–H groups in total. The largest absolute Gasteiger partial charge is 0.469 e. The molecule has 96 valence electrons. The van der Waals surface area contributed by atoms with Crippen LogP contribution in [-0.2, 0) is 6.42 Å². The molecule has 2 heterocycles.